The molecule has 2 rings (SSSR count). The first-order valence-electron chi connectivity index (χ1n) is 4.47. The molecule has 0 aliphatic carbocycles. The summed E-state index contributed by atoms with van der Waals surface area (Å²) in [6.45, 7) is 0.993. The van der Waals surface area contributed by atoms with Crippen LogP contribution in [-0.2, 0) is 10.0 Å². The number of hydrogen-bond donors (Lipinski definition) is 2. The van der Waals surface area contributed by atoms with Gasteiger partial charge in [0.1, 0.15) is 0 Å². The number of hydrogen-bond acceptors (Lipinski definition) is 4. The van der Waals surface area contributed by atoms with Crippen molar-refractivity contribution in [2.24, 2.45) is 0 Å². The fourth-order valence-corrected chi connectivity index (χ4v) is 3.75. The van der Waals surface area contributed by atoms with Crippen LogP contribution in [0.1, 0.15) is 6.42 Å². The van der Waals surface area contributed by atoms with Gasteiger partial charge in [-0.15, -0.1) is 0 Å². The zero-order chi connectivity index (χ0) is 9.47. The summed E-state index contributed by atoms with van der Waals surface area (Å²) >= 11 is 0. The van der Waals surface area contributed by atoms with Crippen LogP contribution in [0, 0.1) is 0 Å². The lowest BCUT2D eigenvalue weighted by Crippen LogP contribution is -2.63. The van der Waals surface area contributed by atoms with E-state index in [9.17, 15) is 8.42 Å². The number of aliphatic hydroxyl groups is 1. The summed E-state index contributed by atoms with van der Waals surface area (Å²) < 4.78 is 24.5. The quantitative estimate of drug-likeness (QED) is 0.539. The highest BCUT2D eigenvalue weighted by molar-refractivity contribution is 7.89. The van der Waals surface area contributed by atoms with Gasteiger partial charge in [-0.2, -0.15) is 4.31 Å². The zero-order valence-electron chi connectivity index (χ0n) is 7.31. The van der Waals surface area contributed by atoms with Gasteiger partial charge in [-0.3, -0.25) is 0 Å². The second kappa shape index (κ2) is 3.20. The van der Waals surface area contributed by atoms with E-state index in [2.05, 4.69) is 5.32 Å². The van der Waals surface area contributed by atoms with Crippen molar-refractivity contribution < 1.29 is 13.5 Å². The Kier molecular flexibility index (Phi) is 2.31. The number of nitrogens with one attached hydrogen (secondary N) is 1. The molecule has 0 saturated carbocycles. The smallest absolute Gasteiger partial charge is 0.214 e. The predicted octanol–water partition coefficient (Wildman–Crippen LogP) is -1.65. The summed E-state index contributed by atoms with van der Waals surface area (Å²) in [6, 6.07) is 0.0212. The lowest BCUT2D eigenvalue weighted by Gasteiger charge is -2.42. The van der Waals surface area contributed by atoms with Crippen LogP contribution >= 0.6 is 0 Å². The monoisotopic (exact) mass is 206 g/mol. The van der Waals surface area contributed by atoms with Crippen LogP contribution in [-0.4, -0.2) is 55.4 Å². The van der Waals surface area contributed by atoms with Crippen molar-refractivity contribution in [1.82, 2.24) is 9.62 Å². The predicted molar refractivity (Wildman–Crippen MR) is 47.8 cm³/mol. The van der Waals surface area contributed by atoms with Gasteiger partial charge < -0.3 is 10.4 Å². The highest BCUT2D eigenvalue weighted by Crippen LogP contribution is 2.20. The van der Waals surface area contributed by atoms with Crippen LogP contribution in [0.4, 0.5) is 0 Å². The topological polar surface area (TPSA) is 69.6 Å². The molecule has 0 aromatic rings. The fourth-order valence-electron chi connectivity index (χ4n) is 1.93. The van der Waals surface area contributed by atoms with E-state index in [0.29, 0.717) is 19.5 Å². The van der Waals surface area contributed by atoms with E-state index in [0.717, 1.165) is 0 Å². The Balaban J connectivity index is 2.22. The van der Waals surface area contributed by atoms with E-state index in [4.69, 9.17) is 5.11 Å². The summed E-state index contributed by atoms with van der Waals surface area (Å²) in [5.74, 6) is 0.209. The molecule has 0 aromatic heterocycles. The number of sulfonamides is 1. The van der Waals surface area contributed by atoms with E-state index in [-0.39, 0.29) is 24.4 Å². The molecule has 5 nitrogen and oxygen atoms in total. The van der Waals surface area contributed by atoms with Crippen LogP contribution in [0.2, 0.25) is 0 Å². The van der Waals surface area contributed by atoms with Crippen molar-refractivity contribution in [3.63, 3.8) is 0 Å². The number of nitrogens with zero attached hydrogens (tertiary/aromatic N) is 1. The Hall–Kier alpha value is -0.170. The maximum absolute atomic E-state index is 11.5. The van der Waals surface area contributed by atoms with E-state index in [1.54, 1.807) is 0 Å². The zero-order valence-corrected chi connectivity index (χ0v) is 8.13. The molecular weight excluding hydrogens is 192 g/mol. The van der Waals surface area contributed by atoms with E-state index in [1.165, 1.54) is 4.31 Å². The summed E-state index contributed by atoms with van der Waals surface area (Å²) in [4.78, 5) is 0. The van der Waals surface area contributed by atoms with Crippen molar-refractivity contribution in [3.8, 4) is 0 Å². The summed E-state index contributed by atoms with van der Waals surface area (Å²) in [5.41, 5.74) is 0. The summed E-state index contributed by atoms with van der Waals surface area (Å²) in [6.07, 6.45) is 0.691. The first-order valence-corrected chi connectivity index (χ1v) is 6.08. The van der Waals surface area contributed by atoms with Crippen LogP contribution < -0.4 is 5.32 Å². The van der Waals surface area contributed by atoms with Gasteiger partial charge in [0.25, 0.3) is 0 Å². The molecule has 3 atom stereocenters. The maximum Gasteiger partial charge on any atom is 0.214 e. The van der Waals surface area contributed by atoms with Gasteiger partial charge in [-0.1, -0.05) is 0 Å². The molecule has 0 aromatic carbocycles. The standard InChI is InChI=1S/C7H14N2O3S/c10-5-7-3-8-6-1-2-13(11,12)9(7)4-6/h6-8,10H,1-5H2/t6-,7-/m1/s1. The number of piperazine rings is 1. The average molecular weight is 206 g/mol. The molecule has 76 valence electrons. The maximum atomic E-state index is 11.5. The Morgan fingerprint density at radius 1 is 1.54 bits per heavy atom. The molecule has 2 N–H and O–H groups in total. The molecule has 2 saturated heterocycles. The van der Waals surface area contributed by atoms with Crippen LogP contribution in [0.15, 0.2) is 0 Å². The molecule has 13 heavy (non-hydrogen) atoms. The largest absolute Gasteiger partial charge is 0.395 e. The second-order valence-electron chi connectivity index (χ2n) is 3.62. The lowest BCUT2D eigenvalue weighted by molar-refractivity contribution is 0.136. The van der Waals surface area contributed by atoms with Crippen LogP contribution in [0.25, 0.3) is 0 Å². The average Bonchev–Trinajstić information content (AvgIpc) is 2.13. The summed E-state index contributed by atoms with van der Waals surface area (Å²) in [7, 11) is -3.08. The molecule has 2 aliphatic rings. The third kappa shape index (κ3) is 1.59. The van der Waals surface area contributed by atoms with Gasteiger partial charge in [-0.05, 0) is 6.42 Å². The minimum absolute atomic E-state index is 0.0983. The molecule has 0 radical (unpaired) electrons. The highest BCUT2D eigenvalue weighted by Gasteiger charge is 2.39. The van der Waals surface area contributed by atoms with Crippen molar-refractivity contribution in [2.45, 2.75) is 18.5 Å². The Labute approximate surface area is 77.8 Å². The van der Waals surface area contributed by atoms with E-state index < -0.39 is 10.0 Å². The molecule has 6 heteroatoms. The lowest BCUT2D eigenvalue weighted by atomic mass is 10.1. The minimum atomic E-state index is -3.08. The minimum Gasteiger partial charge on any atom is -0.395 e. The Morgan fingerprint density at radius 2 is 2.31 bits per heavy atom. The molecule has 0 amide bonds. The number of rotatable bonds is 1. The number of fused-ring (bicyclic) bond motifs is 2. The Bertz CT molecular complexity index is 290. The van der Waals surface area contributed by atoms with Gasteiger partial charge in [0.15, 0.2) is 0 Å². The van der Waals surface area contributed by atoms with Gasteiger partial charge in [0.2, 0.25) is 10.0 Å². The van der Waals surface area contributed by atoms with E-state index in [1.807, 2.05) is 0 Å². The second-order valence-corrected chi connectivity index (χ2v) is 5.66. The first-order chi connectivity index (χ1) is 6.13. The van der Waals surface area contributed by atoms with Crippen molar-refractivity contribution in [2.75, 3.05) is 25.4 Å². The molecule has 0 spiro atoms. The summed E-state index contributed by atoms with van der Waals surface area (Å²) in [5, 5.41) is 12.2. The van der Waals surface area contributed by atoms with Gasteiger partial charge in [0.05, 0.1) is 18.4 Å². The van der Waals surface area contributed by atoms with Crippen molar-refractivity contribution in [3.05, 3.63) is 0 Å². The molecule has 1 unspecified atom stereocenters. The number of aliphatic hydroxyl groups excluding tert-OH is 1. The van der Waals surface area contributed by atoms with Gasteiger partial charge in [0, 0.05) is 19.1 Å². The van der Waals surface area contributed by atoms with Crippen molar-refractivity contribution >= 4 is 10.0 Å². The third-order valence-electron chi connectivity index (χ3n) is 2.74. The van der Waals surface area contributed by atoms with Gasteiger partial charge in [-0.25, -0.2) is 8.42 Å². The van der Waals surface area contributed by atoms with Crippen molar-refractivity contribution in [1.29, 1.82) is 0 Å². The SMILES string of the molecule is O=S1(=O)CC[C@@H]2CN1[C@@H](CO)CN2. The first kappa shape index (κ1) is 9.39. The molecule has 2 heterocycles. The van der Waals surface area contributed by atoms with Crippen LogP contribution in [0.3, 0.4) is 0 Å². The van der Waals surface area contributed by atoms with Crippen LogP contribution in [0.5, 0.6) is 0 Å². The Morgan fingerprint density at radius 3 is 3.00 bits per heavy atom. The highest BCUT2D eigenvalue weighted by atomic mass is 32.2. The van der Waals surface area contributed by atoms with E-state index >= 15 is 0 Å². The fraction of sp³-hybridized carbons (Fsp3) is 1.00. The molecule has 2 aliphatic heterocycles. The van der Waals surface area contributed by atoms with Gasteiger partial charge >= 0.3 is 0 Å². The molecule has 2 bridgehead atoms. The third-order valence-corrected chi connectivity index (χ3v) is 4.66. The normalized spacial score (nSPS) is 43.0. The molecular formula is C7H14N2O3S. The molecule has 2 fully saturated rings.